The lowest BCUT2D eigenvalue weighted by Crippen LogP contribution is -2.33. The number of nitrogens with one attached hydrogen (secondary N) is 1. The summed E-state index contributed by atoms with van der Waals surface area (Å²) in [6.07, 6.45) is 1.36. The number of ether oxygens (including phenoxy) is 2. The van der Waals surface area contributed by atoms with Gasteiger partial charge in [-0.25, -0.2) is 17.8 Å². The van der Waals surface area contributed by atoms with E-state index >= 15 is 0 Å². The minimum atomic E-state index is -3.80. The molecule has 0 atom stereocenters. The van der Waals surface area contributed by atoms with Crippen molar-refractivity contribution in [2.45, 2.75) is 4.90 Å². The van der Waals surface area contributed by atoms with Crippen molar-refractivity contribution in [2.24, 2.45) is 0 Å². The lowest BCUT2D eigenvalue weighted by Gasteiger charge is -2.18. The molecule has 0 aliphatic carbocycles. The molecule has 0 bridgehead atoms. The average molecular weight is 447 g/mol. The minimum Gasteiger partial charge on any atom is -0.486 e. The summed E-state index contributed by atoms with van der Waals surface area (Å²) in [4.78, 5) is 13.3. The number of hydrogen-bond donors (Lipinski definition) is 1. The van der Waals surface area contributed by atoms with Crippen molar-refractivity contribution in [1.29, 1.82) is 0 Å². The van der Waals surface area contributed by atoms with Gasteiger partial charge in [0, 0.05) is 16.7 Å². The molecule has 2 heterocycles. The number of sulfonamides is 1. The summed E-state index contributed by atoms with van der Waals surface area (Å²) in [5.74, 6) is 0.482. The van der Waals surface area contributed by atoms with Gasteiger partial charge in [-0.3, -0.25) is 4.79 Å². The van der Waals surface area contributed by atoms with Crippen molar-refractivity contribution >= 4 is 27.7 Å². The molecule has 3 aromatic rings. The van der Waals surface area contributed by atoms with Gasteiger partial charge in [-0.2, -0.15) is 0 Å². The Hall–Kier alpha value is -3.05. The summed E-state index contributed by atoms with van der Waals surface area (Å²) >= 11 is 1.40. The monoisotopic (exact) mass is 446 g/mol. The Morgan fingerprint density at radius 1 is 1.10 bits per heavy atom. The van der Waals surface area contributed by atoms with Crippen molar-refractivity contribution < 1.29 is 22.7 Å². The molecule has 0 saturated heterocycles. The number of hydrogen-bond acceptors (Lipinski definition) is 8. The van der Waals surface area contributed by atoms with Crippen LogP contribution in [-0.2, 0) is 10.0 Å². The Kier molecular flexibility index (Phi) is 5.91. The van der Waals surface area contributed by atoms with Crippen LogP contribution >= 0.6 is 11.8 Å². The minimum absolute atomic E-state index is 0.107. The molecule has 2 aromatic carbocycles. The fourth-order valence-corrected chi connectivity index (χ4v) is 4.98. The summed E-state index contributed by atoms with van der Waals surface area (Å²) < 4.78 is 38.8. The number of benzene rings is 2. The van der Waals surface area contributed by atoms with Crippen molar-refractivity contribution in [3.63, 3.8) is 0 Å². The van der Waals surface area contributed by atoms with Crippen LogP contribution in [0.3, 0.4) is 0 Å². The molecule has 1 aliphatic heterocycles. The van der Waals surface area contributed by atoms with Crippen LogP contribution in [0.4, 0.5) is 0 Å². The second kappa shape index (κ2) is 8.76. The maximum Gasteiger partial charge on any atom is 0.286 e. The number of nitrogens with zero attached hydrogens (tertiary/aromatic N) is 3. The lowest BCUT2D eigenvalue weighted by atomic mass is 10.2. The standard InChI is InChI=1S/C19H18N4O5S2/c24-19(21-30(25,26)11-10-29-15-4-2-1-3-5-15)16-13-23(22-20-16)14-6-7-17-18(12-14)28-9-8-27-17/h1-7,12-13H,8-11H2,(H,21,24). The van der Waals surface area contributed by atoms with Gasteiger partial charge < -0.3 is 9.47 Å². The van der Waals surface area contributed by atoms with Gasteiger partial charge in [0.15, 0.2) is 17.2 Å². The van der Waals surface area contributed by atoms with Gasteiger partial charge in [-0.1, -0.05) is 23.4 Å². The average Bonchev–Trinajstić information content (AvgIpc) is 3.24. The van der Waals surface area contributed by atoms with Gasteiger partial charge in [-0.05, 0) is 24.3 Å². The Bertz CT molecular complexity index is 1150. The third-order valence-electron chi connectivity index (χ3n) is 4.13. The predicted octanol–water partition coefficient (Wildman–Crippen LogP) is 1.89. The van der Waals surface area contributed by atoms with Crippen molar-refractivity contribution in [3.8, 4) is 17.2 Å². The van der Waals surface area contributed by atoms with Crippen LogP contribution in [0.5, 0.6) is 11.5 Å². The number of carbonyl (C=O) groups excluding carboxylic acids is 1. The van der Waals surface area contributed by atoms with E-state index in [0.29, 0.717) is 36.2 Å². The molecular weight excluding hydrogens is 428 g/mol. The highest BCUT2D eigenvalue weighted by atomic mass is 32.2. The summed E-state index contributed by atoms with van der Waals surface area (Å²) in [5.41, 5.74) is 0.497. The number of amides is 1. The van der Waals surface area contributed by atoms with E-state index in [-0.39, 0.29) is 11.4 Å². The molecule has 1 N–H and O–H groups in total. The lowest BCUT2D eigenvalue weighted by molar-refractivity contribution is 0.0976. The highest BCUT2D eigenvalue weighted by molar-refractivity contribution is 8.00. The first kappa shape index (κ1) is 20.2. The van der Waals surface area contributed by atoms with Crippen LogP contribution in [0.1, 0.15) is 10.5 Å². The van der Waals surface area contributed by atoms with Gasteiger partial charge in [0.2, 0.25) is 10.0 Å². The normalized spacial score (nSPS) is 13.1. The third-order valence-corrected chi connectivity index (χ3v) is 6.64. The second-order valence-electron chi connectivity index (χ2n) is 6.29. The fourth-order valence-electron chi connectivity index (χ4n) is 2.70. The molecule has 0 fully saturated rings. The number of aromatic nitrogens is 3. The number of thioether (sulfide) groups is 1. The van der Waals surface area contributed by atoms with Gasteiger partial charge >= 0.3 is 0 Å². The van der Waals surface area contributed by atoms with Crippen LogP contribution in [-0.4, -0.2) is 54.0 Å². The molecule has 4 rings (SSSR count). The molecule has 156 valence electrons. The van der Waals surface area contributed by atoms with Crippen molar-refractivity contribution in [3.05, 3.63) is 60.4 Å². The first-order valence-electron chi connectivity index (χ1n) is 9.05. The maximum absolute atomic E-state index is 12.3. The number of rotatable bonds is 7. The Balaban J connectivity index is 1.37. The molecule has 0 unspecified atom stereocenters. The fraction of sp³-hybridized carbons (Fsp3) is 0.211. The zero-order chi connectivity index (χ0) is 21.0. The highest BCUT2D eigenvalue weighted by Crippen LogP contribution is 2.31. The van der Waals surface area contributed by atoms with E-state index in [4.69, 9.17) is 9.47 Å². The van der Waals surface area contributed by atoms with E-state index in [9.17, 15) is 13.2 Å². The smallest absolute Gasteiger partial charge is 0.286 e. The maximum atomic E-state index is 12.3. The van der Waals surface area contributed by atoms with E-state index in [0.717, 1.165) is 4.90 Å². The third kappa shape index (κ3) is 4.92. The van der Waals surface area contributed by atoms with Crippen LogP contribution in [0.15, 0.2) is 59.6 Å². The summed E-state index contributed by atoms with van der Waals surface area (Å²) in [5, 5.41) is 7.67. The number of carbonyl (C=O) groups is 1. The van der Waals surface area contributed by atoms with Crippen LogP contribution in [0, 0.1) is 0 Å². The summed E-state index contributed by atoms with van der Waals surface area (Å²) in [7, 11) is -3.80. The zero-order valence-electron chi connectivity index (χ0n) is 15.7. The topological polar surface area (TPSA) is 112 Å². The van der Waals surface area contributed by atoms with E-state index in [1.54, 1.807) is 18.2 Å². The molecule has 9 nitrogen and oxygen atoms in total. The summed E-state index contributed by atoms with van der Waals surface area (Å²) in [6.45, 7) is 0.931. The first-order valence-corrected chi connectivity index (χ1v) is 11.7. The Morgan fingerprint density at radius 3 is 2.67 bits per heavy atom. The largest absolute Gasteiger partial charge is 0.486 e. The number of fused-ring (bicyclic) bond motifs is 1. The molecular formula is C19H18N4O5S2. The molecule has 1 aliphatic rings. The SMILES string of the molecule is O=C(NS(=O)(=O)CCSc1ccccc1)c1cn(-c2ccc3c(c2)OCCO3)nn1. The van der Waals surface area contributed by atoms with E-state index in [1.165, 1.54) is 22.6 Å². The van der Waals surface area contributed by atoms with Gasteiger partial charge in [0.1, 0.15) is 13.2 Å². The zero-order valence-corrected chi connectivity index (χ0v) is 17.4. The Labute approximate surface area is 177 Å². The Morgan fingerprint density at radius 2 is 1.87 bits per heavy atom. The quantitative estimate of drug-likeness (QED) is 0.548. The van der Waals surface area contributed by atoms with Crippen LogP contribution in [0.2, 0.25) is 0 Å². The van der Waals surface area contributed by atoms with Crippen molar-refractivity contribution in [1.82, 2.24) is 19.7 Å². The van der Waals surface area contributed by atoms with Crippen molar-refractivity contribution in [2.75, 3.05) is 24.7 Å². The van der Waals surface area contributed by atoms with Gasteiger partial charge in [-0.15, -0.1) is 16.9 Å². The predicted molar refractivity (Wildman–Crippen MR) is 111 cm³/mol. The molecule has 0 saturated carbocycles. The van der Waals surface area contributed by atoms with Gasteiger partial charge in [0.05, 0.1) is 17.6 Å². The summed E-state index contributed by atoms with van der Waals surface area (Å²) in [6, 6.07) is 14.6. The highest BCUT2D eigenvalue weighted by Gasteiger charge is 2.20. The first-order chi connectivity index (χ1) is 14.5. The molecule has 11 heteroatoms. The molecule has 1 amide bonds. The van der Waals surface area contributed by atoms with E-state index in [1.807, 2.05) is 35.1 Å². The van der Waals surface area contributed by atoms with Crippen LogP contribution < -0.4 is 14.2 Å². The molecule has 0 spiro atoms. The van der Waals surface area contributed by atoms with E-state index in [2.05, 4.69) is 10.3 Å². The van der Waals surface area contributed by atoms with E-state index < -0.39 is 15.9 Å². The second-order valence-corrected chi connectivity index (χ2v) is 9.30. The molecule has 1 aromatic heterocycles. The van der Waals surface area contributed by atoms with Gasteiger partial charge in [0.25, 0.3) is 5.91 Å². The molecule has 30 heavy (non-hydrogen) atoms. The van der Waals surface area contributed by atoms with Crippen LogP contribution in [0.25, 0.3) is 5.69 Å². The molecule has 0 radical (unpaired) electrons.